The summed E-state index contributed by atoms with van der Waals surface area (Å²) in [5, 5.41) is 3.63. The van der Waals surface area contributed by atoms with Crippen LogP contribution in [0.4, 0.5) is 11.4 Å². The number of anilines is 2. The molecule has 1 amide bonds. The minimum absolute atomic E-state index is 0.284. The summed E-state index contributed by atoms with van der Waals surface area (Å²) in [6.07, 6.45) is 1.35. The molecule has 0 fully saturated rings. The highest BCUT2D eigenvalue weighted by molar-refractivity contribution is 9.10. The van der Waals surface area contributed by atoms with Crippen LogP contribution in [0.15, 0.2) is 46.9 Å². The van der Waals surface area contributed by atoms with Gasteiger partial charge in [-0.05, 0) is 64.8 Å². The van der Waals surface area contributed by atoms with E-state index < -0.39 is 22.0 Å². The lowest BCUT2D eigenvalue weighted by atomic mass is 10.2. The number of hydrogen-bond donors (Lipinski definition) is 1. The molecule has 0 spiro atoms. The summed E-state index contributed by atoms with van der Waals surface area (Å²) >= 11 is 15.2. The molecule has 2 aromatic rings. The number of carbonyl (C=O) groups is 1. The van der Waals surface area contributed by atoms with Gasteiger partial charge in [-0.1, -0.05) is 30.1 Å². The van der Waals surface area contributed by atoms with Crippen molar-refractivity contribution in [3.8, 4) is 0 Å². The summed E-state index contributed by atoms with van der Waals surface area (Å²) in [6, 6.07) is 10.3. The Morgan fingerprint density at radius 3 is 2.31 bits per heavy atom. The number of sulfonamides is 1. The van der Waals surface area contributed by atoms with Gasteiger partial charge in [0.2, 0.25) is 15.9 Å². The molecular formula is C17H17BrCl2N2O3S. The lowest BCUT2D eigenvalue weighted by molar-refractivity contribution is -0.117. The summed E-state index contributed by atoms with van der Waals surface area (Å²) in [7, 11) is -3.70. The first-order chi connectivity index (χ1) is 12.1. The Labute approximate surface area is 171 Å². The van der Waals surface area contributed by atoms with Gasteiger partial charge in [0, 0.05) is 15.2 Å². The monoisotopic (exact) mass is 478 g/mol. The van der Waals surface area contributed by atoms with Crippen molar-refractivity contribution in [1.29, 1.82) is 0 Å². The van der Waals surface area contributed by atoms with Crippen LogP contribution in [0, 0.1) is 0 Å². The summed E-state index contributed by atoms with van der Waals surface area (Å²) in [4.78, 5) is 12.8. The Bertz CT molecular complexity index is 905. The Balaban J connectivity index is 2.36. The third-order valence-corrected chi connectivity index (χ3v) is 6.26. The topological polar surface area (TPSA) is 66.5 Å². The van der Waals surface area contributed by atoms with Crippen LogP contribution in [0.1, 0.15) is 13.3 Å². The fraction of sp³-hybridized carbons (Fsp3) is 0.235. The molecule has 26 heavy (non-hydrogen) atoms. The van der Waals surface area contributed by atoms with E-state index in [1.54, 1.807) is 49.4 Å². The van der Waals surface area contributed by atoms with E-state index in [0.29, 0.717) is 25.9 Å². The van der Waals surface area contributed by atoms with E-state index in [1.807, 2.05) is 0 Å². The number of rotatable bonds is 6. The molecule has 1 unspecified atom stereocenters. The highest BCUT2D eigenvalue weighted by Gasteiger charge is 2.31. The van der Waals surface area contributed by atoms with Gasteiger partial charge in [-0.25, -0.2) is 8.42 Å². The van der Waals surface area contributed by atoms with E-state index in [1.165, 1.54) is 0 Å². The van der Waals surface area contributed by atoms with Gasteiger partial charge in [0.25, 0.3) is 0 Å². The van der Waals surface area contributed by atoms with Gasteiger partial charge in [0.1, 0.15) is 6.04 Å². The molecular weight excluding hydrogens is 463 g/mol. The van der Waals surface area contributed by atoms with Crippen LogP contribution in [-0.4, -0.2) is 26.6 Å². The fourth-order valence-corrected chi connectivity index (χ4v) is 4.21. The number of halogens is 3. The second-order valence-corrected chi connectivity index (χ2v) is 9.13. The van der Waals surface area contributed by atoms with Crippen molar-refractivity contribution in [2.75, 3.05) is 15.9 Å². The van der Waals surface area contributed by atoms with Gasteiger partial charge in [-0.15, -0.1) is 0 Å². The maximum atomic E-state index is 12.8. The molecule has 2 aromatic carbocycles. The van der Waals surface area contributed by atoms with Gasteiger partial charge in [0.05, 0.1) is 17.0 Å². The highest BCUT2D eigenvalue weighted by Crippen LogP contribution is 2.27. The van der Waals surface area contributed by atoms with Crippen LogP contribution in [0.2, 0.25) is 10.0 Å². The maximum absolute atomic E-state index is 12.8. The average Bonchev–Trinajstić information content (AvgIpc) is 2.56. The molecule has 1 N–H and O–H groups in total. The van der Waals surface area contributed by atoms with E-state index in [0.717, 1.165) is 10.6 Å². The molecule has 5 nitrogen and oxygen atoms in total. The Morgan fingerprint density at radius 2 is 1.81 bits per heavy atom. The number of benzene rings is 2. The lowest BCUT2D eigenvalue weighted by Crippen LogP contribution is -2.47. The van der Waals surface area contributed by atoms with Gasteiger partial charge in [0.15, 0.2) is 0 Å². The largest absolute Gasteiger partial charge is 0.324 e. The molecule has 0 aliphatic heterocycles. The molecule has 0 aromatic heterocycles. The predicted octanol–water partition coefficient (Wildman–Crippen LogP) is 4.94. The Kier molecular flexibility index (Phi) is 6.96. The zero-order valence-electron chi connectivity index (χ0n) is 14.0. The predicted molar refractivity (Wildman–Crippen MR) is 111 cm³/mol. The molecule has 0 saturated heterocycles. The van der Waals surface area contributed by atoms with Crippen LogP contribution < -0.4 is 9.62 Å². The molecule has 0 saturated carbocycles. The first-order valence-electron chi connectivity index (χ1n) is 7.64. The first kappa shape index (κ1) is 21.0. The van der Waals surface area contributed by atoms with Crippen LogP contribution in [0.3, 0.4) is 0 Å². The first-order valence-corrected chi connectivity index (χ1v) is 11.0. The zero-order chi connectivity index (χ0) is 19.5. The molecule has 1 atom stereocenters. The summed E-state index contributed by atoms with van der Waals surface area (Å²) in [6.45, 7) is 1.74. The number of carbonyl (C=O) groups excluding carboxylic acids is 1. The molecule has 0 radical (unpaired) electrons. The van der Waals surface area contributed by atoms with Crippen LogP contribution in [0.5, 0.6) is 0 Å². The second-order valence-electron chi connectivity index (χ2n) is 5.58. The van der Waals surface area contributed by atoms with E-state index >= 15 is 0 Å². The van der Waals surface area contributed by atoms with E-state index in [-0.39, 0.29) is 6.42 Å². The van der Waals surface area contributed by atoms with Crippen molar-refractivity contribution >= 4 is 66.4 Å². The highest BCUT2D eigenvalue weighted by atomic mass is 79.9. The number of hydrogen-bond acceptors (Lipinski definition) is 3. The SMILES string of the molecule is CCC(C(=O)Nc1ccc(Br)c(Cl)c1)N(c1ccc(Cl)cc1)S(C)(=O)=O. The Morgan fingerprint density at radius 1 is 1.19 bits per heavy atom. The molecule has 0 aliphatic carbocycles. The summed E-state index contributed by atoms with van der Waals surface area (Å²) < 4.78 is 26.5. The molecule has 9 heteroatoms. The standard InChI is InChI=1S/C17H17BrCl2N2O3S/c1-3-16(17(23)21-12-6-9-14(18)15(20)10-12)22(26(2,24)25)13-7-4-11(19)5-8-13/h4-10,16H,3H2,1-2H3,(H,21,23). The van der Waals surface area contributed by atoms with Crippen LogP contribution >= 0.6 is 39.1 Å². The minimum atomic E-state index is -3.70. The van der Waals surface area contributed by atoms with Crippen molar-refractivity contribution in [2.24, 2.45) is 0 Å². The van der Waals surface area contributed by atoms with Gasteiger partial charge in [-0.2, -0.15) is 0 Å². The second kappa shape index (κ2) is 8.61. The van der Waals surface area contributed by atoms with E-state index in [9.17, 15) is 13.2 Å². The van der Waals surface area contributed by atoms with Gasteiger partial charge in [-0.3, -0.25) is 9.10 Å². The molecule has 0 bridgehead atoms. The fourth-order valence-electron chi connectivity index (χ4n) is 2.45. The lowest BCUT2D eigenvalue weighted by Gasteiger charge is -2.30. The summed E-state index contributed by atoms with van der Waals surface area (Å²) in [5.74, 6) is -0.453. The van der Waals surface area contributed by atoms with E-state index in [2.05, 4.69) is 21.2 Å². The number of nitrogens with zero attached hydrogens (tertiary/aromatic N) is 1. The minimum Gasteiger partial charge on any atom is -0.324 e. The van der Waals surface area contributed by atoms with Gasteiger partial charge < -0.3 is 5.32 Å². The van der Waals surface area contributed by atoms with Crippen LogP contribution in [-0.2, 0) is 14.8 Å². The van der Waals surface area contributed by atoms with Crippen molar-refractivity contribution < 1.29 is 13.2 Å². The van der Waals surface area contributed by atoms with Crippen LogP contribution in [0.25, 0.3) is 0 Å². The van der Waals surface area contributed by atoms with E-state index in [4.69, 9.17) is 23.2 Å². The number of nitrogens with one attached hydrogen (secondary N) is 1. The number of amides is 1. The molecule has 2 rings (SSSR count). The maximum Gasteiger partial charge on any atom is 0.248 e. The smallest absolute Gasteiger partial charge is 0.248 e. The van der Waals surface area contributed by atoms with Crippen molar-refractivity contribution in [3.05, 3.63) is 57.0 Å². The Hall–Kier alpha value is -1.28. The quantitative estimate of drug-likeness (QED) is 0.638. The van der Waals surface area contributed by atoms with Crippen molar-refractivity contribution in [3.63, 3.8) is 0 Å². The van der Waals surface area contributed by atoms with Gasteiger partial charge >= 0.3 is 0 Å². The average molecular weight is 480 g/mol. The normalized spacial score (nSPS) is 12.5. The molecule has 0 aliphatic rings. The third-order valence-electron chi connectivity index (χ3n) is 3.60. The van der Waals surface area contributed by atoms with Crippen molar-refractivity contribution in [1.82, 2.24) is 0 Å². The zero-order valence-corrected chi connectivity index (χ0v) is 18.0. The summed E-state index contributed by atoms with van der Waals surface area (Å²) in [5.41, 5.74) is 0.846. The molecule has 0 heterocycles. The molecule has 140 valence electrons. The van der Waals surface area contributed by atoms with Crippen molar-refractivity contribution in [2.45, 2.75) is 19.4 Å². The third kappa shape index (κ3) is 5.13.